The first-order valence-corrected chi connectivity index (χ1v) is 5.77. The van der Waals surface area contributed by atoms with E-state index in [0.29, 0.717) is 6.10 Å². The summed E-state index contributed by atoms with van der Waals surface area (Å²) in [6.45, 7) is 3.81. The van der Waals surface area contributed by atoms with Gasteiger partial charge in [0.05, 0.1) is 6.10 Å². The maximum Gasteiger partial charge on any atom is 0.0619 e. The maximum absolute atomic E-state index is 5.76. The van der Waals surface area contributed by atoms with E-state index < -0.39 is 0 Å². The molecule has 3 heteroatoms. The van der Waals surface area contributed by atoms with Crippen molar-refractivity contribution in [3.8, 4) is 0 Å². The molecule has 1 aliphatic rings. The topological polar surface area (TPSA) is 30.5 Å². The van der Waals surface area contributed by atoms with E-state index in [9.17, 15) is 0 Å². The quantitative estimate of drug-likeness (QED) is 0.634. The number of ether oxygens (including phenoxy) is 2. The van der Waals surface area contributed by atoms with Crippen molar-refractivity contribution in [2.75, 3.05) is 33.4 Å². The zero-order valence-electron chi connectivity index (χ0n) is 9.26. The summed E-state index contributed by atoms with van der Waals surface area (Å²) in [6, 6.07) is 0. The Labute approximate surface area is 87.2 Å². The standard InChI is InChI=1S/C11H23NO2/c1-12-7-3-2-4-8-14-11-5-9-13-10-6-11/h11-12H,2-10H2,1H3. The third-order valence-electron chi connectivity index (χ3n) is 2.59. The number of hydrogen-bond acceptors (Lipinski definition) is 3. The van der Waals surface area contributed by atoms with Crippen LogP contribution in [0.3, 0.4) is 0 Å². The van der Waals surface area contributed by atoms with Crippen LogP contribution in [0.25, 0.3) is 0 Å². The molecule has 1 heterocycles. The summed E-state index contributed by atoms with van der Waals surface area (Å²) >= 11 is 0. The predicted molar refractivity (Wildman–Crippen MR) is 57.6 cm³/mol. The lowest BCUT2D eigenvalue weighted by molar-refractivity contribution is -0.0326. The first-order valence-electron chi connectivity index (χ1n) is 5.77. The Morgan fingerprint density at radius 3 is 2.71 bits per heavy atom. The summed E-state index contributed by atoms with van der Waals surface area (Å²) in [6.07, 6.45) is 6.34. The molecule has 1 saturated heterocycles. The molecule has 0 aromatic carbocycles. The van der Waals surface area contributed by atoms with Crippen LogP contribution in [0.4, 0.5) is 0 Å². The third-order valence-corrected chi connectivity index (χ3v) is 2.59. The summed E-state index contributed by atoms with van der Waals surface area (Å²) in [5.74, 6) is 0. The first kappa shape index (κ1) is 12.0. The van der Waals surface area contributed by atoms with Crippen molar-refractivity contribution in [3.63, 3.8) is 0 Å². The normalized spacial score (nSPS) is 18.6. The lowest BCUT2D eigenvalue weighted by Gasteiger charge is -2.22. The van der Waals surface area contributed by atoms with Crippen LogP contribution in [-0.4, -0.2) is 39.5 Å². The van der Waals surface area contributed by atoms with Crippen LogP contribution < -0.4 is 5.32 Å². The van der Waals surface area contributed by atoms with Crippen molar-refractivity contribution in [2.24, 2.45) is 0 Å². The van der Waals surface area contributed by atoms with E-state index in [4.69, 9.17) is 9.47 Å². The molecular formula is C11H23NO2. The summed E-state index contributed by atoms with van der Waals surface area (Å²) in [5.41, 5.74) is 0. The fraction of sp³-hybridized carbons (Fsp3) is 1.00. The highest BCUT2D eigenvalue weighted by Gasteiger charge is 2.13. The SMILES string of the molecule is CNCCCCCOC1CCOCC1. The molecule has 0 bridgehead atoms. The van der Waals surface area contributed by atoms with E-state index in [1.54, 1.807) is 0 Å². The van der Waals surface area contributed by atoms with Crippen LogP contribution in [0, 0.1) is 0 Å². The Balaban J connectivity index is 1.82. The monoisotopic (exact) mass is 201 g/mol. The van der Waals surface area contributed by atoms with Crippen LogP contribution in [0.15, 0.2) is 0 Å². The Morgan fingerprint density at radius 1 is 1.21 bits per heavy atom. The Morgan fingerprint density at radius 2 is 2.00 bits per heavy atom. The number of rotatable bonds is 7. The molecule has 1 aliphatic heterocycles. The largest absolute Gasteiger partial charge is 0.381 e. The van der Waals surface area contributed by atoms with Gasteiger partial charge in [-0.1, -0.05) is 0 Å². The van der Waals surface area contributed by atoms with Gasteiger partial charge in [-0.3, -0.25) is 0 Å². The van der Waals surface area contributed by atoms with Crippen LogP contribution in [-0.2, 0) is 9.47 Å². The van der Waals surface area contributed by atoms with Gasteiger partial charge in [-0.2, -0.15) is 0 Å². The molecule has 0 spiro atoms. The molecule has 0 aromatic rings. The summed E-state index contributed by atoms with van der Waals surface area (Å²) in [4.78, 5) is 0. The molecule has 0 radical (unpaired) electrons. The molecule has 0 atom stereocenters. The van der Waals surface area contributed by atoms with Crippen molar-refractivity contribution in [1.82, 2.24) is 5.32 Å². The van der Waals surface area contributed by atoms with E-state index in [1.165, 1.54) is 19.3 Å². The van der Waals surface area contributed by atoms with Crippen molar-refractivity contribution in [3.05, 3.63) is 0 Å². The van der Waals surface area contributed by atoms with Crippen molar-refractivity contribution < 1.29 is 9.47 Å². The molecule has 0 unspecified atom stereocenters. The molecule has 14 heavy (non-hydrogen) atoms. The number of unbranched alkanes of at least 4 members (excludes halogenated alkanes) is 2. The number of hydrogen-bond donors (Lipinski definition) is 1. The third kappa shape index (κ3) is 5.58. The molecule has 84 valence electrons. The average molecular weight is 201 g/mol. The summed E-state index contributed by atoms with van der Waals surface area (Å²) < 4.78 is 11.0. The molecule has 1 rings (SSSR count). The maximum atomic E-state index is 5.76. The van der Waals surface area contributed by atoms with E-state index >= 15 is 0 Å². The van der Waals surface area contributed by atoms with Crippen LogP contribution in [0.1, 0.15) is 32.1 Å². The van der Waals surface area contributed by atoms with Crippen molar-refractivity contribution in [1.29, 1.82) is 0 Å². The lowest BCUT2D eigenvalue weighted by Crippen LogP contribution is -2.23. The smallest absolute Gasteiger partial charge is 0.0619 e. The Hall–Kier alpha value is -0.120. The van der Waals surface area contributed by atoms with Crippen LogP contribution in [0.5, 0.6) is 0 Å². The van der Waals surface area contributed by atoms with Gasteiger partial charge in [0.2, 0.25) is 0 Å². The van der Waals surface area contributed by atoms with Gasteiger partial charge in [-0.15, -0.1) is 0 Å². The molecule has 0 amide bonds. The molecular weight excluding hydrogens is 178 g/mol. The molecule has 0 aliphatic carbocycles. The second kappa shape index (κ2) is 8.21. The highest BCUT2D eigenvalue weighted by Crippen LogP contribution is 2.11. The minimum atomic E-state index is 0.466. The number of nitrogens with one attached hydrogen (secondary N) is 1. The predicted octanol–water partition coefficient (Wildman–Crippen LogP) is 1.57. The van der Waals surface area contributed by atoms with E-state index in [0.717, 1.165) is 39.2 Å². The van der Waals surface area contributed by atoms with E-state index in [-0.39, 0.29) is 0 Å². The Bertz CT molecular complexity index is 124. The zero-order valence-corrected chi connectivity index (χ0v) is 9.26. The average Bonchev–Trinajstić information content (AvgIpc) is 2.25. The lowest BCUT2D eigenvalue weighted by atomic mass is 10.1. The van der Waals surface area contributed by atoms with Crippen molar-refractivity contribution >= 4 is 0 Å². The summed E-state index contributed by atoms with van der Waals surface area (Å²) in [7, 11) is 2.00. The van der Waals surface area contributed by atoms with Gasteiger partial charge in [0.25, 0.3) is 0 Å². The molecule has 1 N–H and O–H groups in total. The molecule has 1 fully saturated rings. The van der Waals surface area contributed by atoms with E-state index in [2.05, 4.69) is 5.32 Å². The van der Waals surface area contributed by atoms with E-state index in [1.807, 2.05) is 7.05 Å². The molecule has 0 aromatic heterocycles. The highest BCUT2D eigenvalue weighted by molar-refractivity contribution is 4.62. The van der Waals surface area contributed by atoms with Crippen LogP contribution >= 0.6 is 0 Å². The van der Waals surface area contributed by atoms with Gasteiger partial charge in [-0.05, 0) is 45.7 Å². The minimum Gasteiger partial charge on any atom is -0.381 e. The molecule has 0 saturated carbocycles. The highest BCUT2D eigenvalue weighted by atomic mass is 16.5. The fourth-order valence-electron chi connectivity index (χ4n) is 1.67. The fourth-order valence-corrected chi connectivity index (χ4v) is 1.67. The molecule has 3 nitrogen and oxygen atoms in total. The van der Waals surface area contributed by atoms with Gasteiger partial charge in [0.15, 0.2) is 0 Å². The van der Waals surface area contributed by atoms with Gasteiger partial charge in [0.1, 0.15) is 0 Å². The minimum absolute atomic E-state index is 0.466. The Kier molecular flexibility index (Phi) is 7.01. The second-order valence-corrected chi connectivity index (χ2v) is 3.85. The van der Waals surface area contributed by atoms with Gasteiger partial charge >= 0.3 is 0 Å². The van der Waals surface area contributed by atoms with Gasteiger partial charge in [-0.25, -0.2) is 0 Å². The van der Waals surface area contributed by atoms with Gasteiger partial charge in [0, 0.05) is 19.8 Å². The summed E-state index contributed by atoms with van der Waals surface area (Å²) in [5, 5.41) is 3.15. The van der Waals surface area contributed by atoms with Crippen molar-refractivity contribution in [2.45, 2.75) is 38.2 Å². The first-order chi connectivity index (χ1) is 6.93. The van der Waals surface area contributed by atoms with Crippen LogP contribution in [0.2, 0.25) is 0 Å². The van der Waals surface area contributed by atoms with Gasteiger partial charge < -0.3 is 14.8 Å². The zero-order chi connectivity index (χ0) is 10.1. The second-order valence-electron chi connectivity index (χ2n) is 3.85.